The average molecular weight is 272 g/mol. The highest BCUT2D eigenvalue weighted by Crippen LogP contribution is 2.15. The summed E-state index contributed by atoms with van der Waals surface area (Å²) >= 11 is 0. The molecule has 108 valence electrons. The largest absolute Gasteiger partial charge is 0.381 e. The SMILES string of the molecule is C/C(=C\C=C(/C)N(C)C)C(=O)c1ccc(N(C)C)cc1. The molecule has 0 aliphatic rings. The molecule has 0 radical (unpaired) electrons. The Morgan fingerprint density at radius 3 is 1.95 bits per heavy atom. The number of Topliss-reactive ketones (excluding diaryl/α,β-unsaturated/α-hetero) is 1. The van der Waals surface area contributed by atoms with Crippen molar-refractivity contribution in [2.45, 2.75) is 13.8 Å². The molecule has 0 atom stereocenters. The maximum Gasteiger partial charge on any atom is 0.188 e. The third-order valence-corrected chi connectivity index (χ3v) is 3.28. The van der Waals surface area contributed by atoms with Gasteiger partial charge in [-0.1, -0.05) is 6.08 Å². The minimum absolute atomic E-state index is 0.0677. The van der Waals surface area contributed by atoms with E-state index in [9.17, 15) is 4.79 Å². The molecule has 1 aromatic rings. The Bertz CT molecular complexity index is 522. The predicted molar refractivity (Wildman–Crippen MR) is 86.3 cm³/mol. The highest BCUT2D eigenvalue weighted by Gasteiger charge is 2.07. The van der Waals surface area contributed by atoms with Crippen LogP contribution in [0, 0.1) is 0 Å². The van der Waals surface area contributed by atoms with Crippen molar-refractivity contribution in [2.24, 2.45) is 0 Å². The molecule has 0 aromatic heterocycles. The highest BCUT2D eigenvalue weighted by atomic mass is 16.1. The Morgan fingerprint density at radius 1 is 0.950 bits per heavy atom. The molecule has 0 aliphatic carbocycles. The van der Waals surface area contributed by atoms with Gasteiger partial charge in [0.25, 0.3) is 0 Å². The van der Waals surface area contributed by atoms with Crippen LogP contribution in [0.15, 0.2) is 47.7 Å². The molecule has 0 saturated carbocycles. The first kappa shape index (κ1) is 16.0. The quantitative estimate of drug-likeness (QED) is 0.466. The Kier molecular flexibility index (Phi) is 5.56. The van der Waals surface area contributed by atoms with Crippen LogP contribution >= 0.6 is 0 Å². The minimum Gasteiger partial charge on any atom is -0.381 e. The lowest BCUT2D eigenvalue weighted by Gasteiger charge is -2.12. The fourth-order valence-corrected chi connectivity index (χ4v) is 1.61. The molecule has 1 rings (SSSR count). The normalized spacial score (nSPS) is 12.3. The lowest BCUT2D eigenvalue weighted by Crippen LogP contribution is -2.09. The molecule has 0 heterocycles. The molecule has 0 saturated heterocycles. The van der Waals surface area contributed by atoms with Crippen molar-refractivity contribution >= 4 is 11.5 Å². The molecule has 20 heavy (non-hydrogen) atoms. The molecule has 0 unspecified atom stereocenters. The van der Waals surface area contributed by atoms with Crippen molar-refractivity contribution < 1.29 is 4.79 Å². The van der Waals surface area contributed by atoms with Gasteiger partial charge in [-0.2, -0.15) is 0 Å². The zero-order valence-corrected chi connectivity index (χ0v) is 13.3. The van der Waals surface area contributed by atoms with Crippen molar-refractivity contribution in [3.63, 3.8) is 0 Å². The summed E-state index contributed by atoms with van der Waals surface area (Å²) in [4.78, 5) is 16.3. The average Bonchev–Trinajstić information content (AvgIpc) is 2.43. The molecule has 3 nitrogen and oxygen atoms in total. The summed E-state index contributed by atoms with van der Waals surface area (Å²) in [5.41, 5.74) is 3.66. The number of benzene rings is 1. The van der Waals surface area contributed by atoms with Crippen LogP contribution in [0.4, 0.5) is 5.69 Å². The number of allylic oxidation sites excluding steroid dienone is 4. The molecule has 0 aliphatic heterocycles. The monoisotopic (exact) mass is 272 g/mol. The summed E-state index contributed by atoms with van der Waals surface area (Å²) in [6.07, 6.45) is 3.83. The third kappa shape index (κ3) is 4.26. The maximum atomic E-state index is 12.3. The molecule has 3 heteroatoms. The molecule has 0 bridgehead atoms. The molecule has 1 aromatic carbocycles. The summed E-state index contributed by atoms with van der Waals surface area (Å²) in [5, 5.41) is 0. The Balaban J connectivity index is 2.89. The van der Waals surface area contributed by atoms with Gasteiger partial charge in [0.05, 0.1) is 0 Å². The van der Waals surface area contributed by atoms with Gasteiger partial charge >= 0.3 is 0 Å². The van der Waals surface area contributed by atoms with Crippen molar-refractivity contribution in [1.29, 1.82) is 0 Å². The lowest BCUT2D eigenvalue weighted by molar-refractivity contribution is 0.103. The van der Waals surface area contributed by atoms with Gasteiger partial charge in [0, 0.05) is 45.1 Å². The third-order valence-electron chi connectivity index (χ3n) is 3.28. The first-order chi connectivity index (χ1) is 9.32. The number of nitrogens with zero attached hydrogens (tertiary/aromatic N) is 2. The van der Waals surface area contributed by atoms with Gasteiger partial charge in [0.2, 0.25) is 0 Å². The van der Waals surface area contributed by atoms with E-state index in [0.717, 1.165) is 22.5 Å². The van der Waals surface area contributed by atoms with Crippen LogP contribution in [0.25, 0.3) is 0 Å². The maximum absolute atomic E-state index is 12.3. The Morgan fingerprint density at radius 2 is 1.50 bits per heavy atom. The molecule has 0 amide bonds. The lowest BCUT2D eigenvalue weighted by atomic mass is 10.0. The minimum atomic E-state index is 0.0677. The van der Waals surface area contributed by atoms with Crippen LogP contribution in [-0.4, -0.2) is 38.9 Å². The van der Waals surface area contributed by atoms with Crippen molar-refractivity contribution in [2.75, 3.05) is 33.1 Å². The zero-order chi connectivity index (χ0) is 15.3. The first-order valence-corrected chi connectivity index (χ1v) is 6.67. The van der Waals surface area contributed by atoms with Crippen LogP contribution in [0.5, 0.6) is 0 Å². The summed E-state index contributed by atoms with van der Waals surface area (Å²) in [6, 6.07) is 7.66. The summed E-state index contributed by atoms with van der Waals surface area (Å²) in [6.45, 7) is 3.86. The molecule has 0 fully saturated rings. The fraction of sp³-hybridized carbons (Fsp3) is 0.353. The zero-order valence-electron chi connectivity index (χ0n) is 13.3. The van der Waals surface area contributed by atoms with Crippen molar-refractivity contribution in [3.05, 3.63) is 53.3 Å². The van der Waals surface area contributed by atoms with E-state index in [2.05, 4.69) is 0 Å². The molecule has 0 spiro atoms. The van der Waals surface area contributed by atoms with Crippen LogP contribution < -0.4 is 4.90 Å². The van der Waals surface area contributed by atoms with E-state index < -0.39 is 0 Å². The summed E-state index contributed by atoms with van der Waals surface area (Å²) in [5.74, 6) is 0.0677. The van der Waals surface area contributed by atoms with Crippen LogP contribution in [-0.2, 0) is 0 Å². The van der Waals surface area contributed by atoms with Crippen LogP contribution in [0.3, 0.4) is 0 Å². The van der Waals surface area contributed by atoms with Gasteiger partial charge in [0.1, 0.15) is 0 Å². The molecule has 0 N–H and O–H groups in total. The van der Waals surface area contributed by atoms with Crippen molar-refractivity contribution in [1.82, 2.24) is 4.90 Å². The number of ketones is 1. The number of hydrogen-bond donors (Lipinski definition) is 0. The van der Waals surface area contributed by atoms with Crippen LogP contribution in [0.1, 0.15) is 24.2 Å². The van der Waals surface area contributed by atoms with Gasteiger partial charge < -0.3 is 9.80 Å². The van der Waals surface area contributed by atoms with E-state index in [0.29, 0.717) is 0 Å². The summed E-state index contributed by atoms with van der Waals surface area (Å²) < 4.78 is 0. The van der Waals surface area contributed by atoms with E-state index in [4.69, 9.17) is 0 Å². The number of carbonyl (C=O) groups is 1. The number of rotatable bonds is 5. The second-order valence-corrected chi connectivity index (χ2v) is 5.32. The van der Waals surface area contributed by atoms with E-state index >= 15 is 0 Å². The van der Waals surface area contributed by atoms with E-state index in [1.807, 2.05) is 88.3 Å². The number of carbonyl (C=O) groups excluding carboxylic acids is 1. The van der Waals surface area contributed by atoms with Gasteiger partial charge in [-0.3, -0.25) is 4.79 Å². The second-order valence-electron chi connectivity index (χ2n) is 5.32. The van der Waals surface area contributed by atoms with Crippen LogP contribution in [0.2, 0.25) is 0 Å². The van der Waals surface area contributed by atoms with Gasteiger partial charge in [-0.25, -0.2) is 0 Å². The van der Waals surface area contributed by atoms with E-state index in [-0.39, 0.29) is 5.78 Å². The van der Waals surface area contributed by atoms with E-state index in [1.165, 1.54) is 0 Å². The number of hydrogen-bond acceptors (Lipinski definition) is 3. The fourth-order valence-electron chi connectivity index (χ4n) is 1.61. The number of anilines is 1. The van der Waals surface area contributed by atoms with Gasteiger partial charge in [-0.05, 0) is 49.8 Å². The first-order valence-electron chi connectivity index (χ1n) is 6.67. The van der Waals surface area contributed by atoms with Gasteiger partial charge in [-0.15, -0.1) is 0 Å². The predicted octanol–water partition coefficient (Wildman–Crippen LogP) is 3.35. The standard InChI is InChI=1S/C17H24N2O/c1-13(7-8-14(2)18(3)4)17(20)15-9-11-16(12-10-15)19(5)6/h7-12H,1-6H3/b13-7+,14-8+. The summed E-state index contributed by atoms with van der Waals surface area (Å²) in [7, 11) is 7.93. The van der Waals surface area contributed by atoms with Gasteiger partial charge in [0.15, 0.2) is 5.78 Å². The molecular formula is C17H24N2O. The Labute approximate surface area is 122 Å². The van der Waals surface area contributed by atoms with E-state index in [1.54, 1.807) is 0 Å². The smallest absolute Gasteiger partial charge is 0.188 e. The topological polar surface area (TPSA) is 23.6 Å². The molecular weight excluding hydrogens is 248 g/mol. The highest BCUT2D eigenvalue weighted by molar-refractivity contribution is 6.08. The Hall–Kier alpha value is -2.03. The van der Waals surface area contributed by atoms with Crippen molar-refractivity contribution in [3.8, 4) is 0 Å². The second kappa shape index (κ2) is 6.94.